The van der Waals surface area contributed by atoms with Gasteiger partial charge in [-0.05, 0) is 66.3 Å². The number of sulfonamides is 1. The van der Waals surface area contributed by atoms with Crippen molar-refractivity contribution in [2.75, 3.05) is 4.72 Å². The third-order valence-electron chi connectivity index (χ3n) is 5.27. The van der Waals surface area contributed by atoms with E-state index < -0.39 is 10.0 Å². The molecule has 2 N–H and O–H groups in total. The molecule has 0 fully saturated rings. The summed E-state index contributed by atoms with van der Waals surface area (Å²) >= 11 is 0. The summed E-state index contributed by atoms with van der Waals surface area (Å²) in [5.41, 5.74) is 4.85. The molecular formula is C25H28N2O3S. The highest BCUT2D eigenvalue weighted by Crippen LogP contribution is 2.21. The molecule has 0 aliphatic heterocycles. The van der Waals surface area contributed by atoms with Crippen LogP contribution in [0.1, 0.15) is 46.5 Å². The summed E-state index contributed by atoms with van der Waals surface area (Å²) in [6, 6.07) is 19.8. The molecule has 6 heteroatoms. The number of rotatable bonds is 8. The first-order valence-corrected chi connectivity index (χ1v) is 11.9. The number of hydrogen-bond acceptors (Lipinski definition) is 3. The molecule has 0 aliphatic rings. The van der Waals surface area contributed by atoms with E-state index in [-0.39, 0.29) is 10.8 Å². The number of anilines is 1. The van der Waals surface area contributed by atoms with E-state index in [1.54, 1.807) is 43.3 Å². The van der Waals surface area contributed by atoms with Crippen LogP contribution in [0.4, 0.5) is 5.69 Å². The molecule has 0 saturated heterocycles. The van der Waals surface area contributed by atoms with Crippen LogP contribution >= 0.6 is 0 Å². The normalized spacial score (nSPS) is 11.2. The van der Waals surface area contributed by atoms with Crippen LogP contribution in [0.5, 0.6) is 0 Å². The van der Waals surface area contributed by atoms with E-state index in [1.807, 2.05) is 6.07 Å². The van der Waals surface area contributed by atoms with Crippen LogP contribution in [0.3, 0.4) is 0 Å². The van der Waals surface area contributed by atoms with Crippen LogP contribution in [0.25, 0.3) is 0 Å². The van der Waals surface area contributed by atoms with Crippen LogP contribution in [0, 0.1) is 6.92 Å². The largest absolute Gasteiger partial charge is 0.348 e. The third-order valence-corrected chi connectivity index (χ3v) is 6.79. The van der Waals surface area contributed by atoms with E-state index >= 15 is 0 Å². The molecule has 0 aromatic heterocycles. The molecule has 0 unspecified atom stereocenters. The fourth-order valence-electron chi connectivity index (χ4n) is 3.43. The zero-order chi connectivity index (χ0) is 22.4. The highest BCUT2D eigenvalue weighted by Gasteiger charge is 2.19. The Bertz CT molecular complexity index is 1170. The number of para-hydroxylation sites is 1. The highest BCUT2D eigenvalue weighted by atomic mass is 32.2. The van der Waals surface area contributed by atoms with E-state index in [9.17, 15) is 13.2 Å². The molecule has 3 aromatic rings. The minimum Gasteiger partial charge on any atom is -0.348 e. The second-order valence-electron chi connectivity index (χ2n) is 7.44. The molecule has 5 nitrogen and oxygen atoms in total. The minimum absolute atomic E-state index is 0.0891. The first-order valence-electron chi connectivity index (χ1n) is 10.4. The number of benzene rings is 3. The van der Waals surface area contributed by atoms with Crippen molar-refractivity contribution in [1.82, 2.24) is 5.32 Å². The van der Waals surface area contributed by atoms with Crippen molar-refractivity contribution in [3.8, 4) is 0 Å². The lowest BCUT2D eigenvalue weighted by molar-refractivity contribution is 0.0950. The Balaban J connectivity index is 1.80. The summed E-state index contributed by atoms with van der Waals surface area (Å²) in [4.78, 5) is 12.9. The number of hydrogen-bond donors (Lipinski definition) is 2. The average Bonchev–Trinajstić information content (AvgIpc) is 2.77. The molecule has 3 aromatic carbocycles. The predicted octanol–water partition coefficient (Wildman–Crippen LogP) is 4.85. The van der Waals surface area contributed by atoms with Crippen molar-refractivity contribution in [1.29, 1.82) is 0 Å². The maximum absolute atomic E-state index is 12.9. The van der Waals surface area contributed by atoms with Crippen LogP contribution < -0.4 is 10.0 Å². The van der Waals surface area contributed by atoms with Gasteiger partial charge in [-0.1, -0.05) is 56.3 Å². The highest BCUT2D eigenvalue weighted by molar-refractivity contribution is 7.92. The van der Waals surface area contributed by atoms with E-state index in [1.165, 1.54) is 17.2 Å². The first kappa shape index (κ1) is 22.6. The second kappa shape index (κ2) is 9.79. The van der Waals surface area contributed by atoms with Crippen molar-refractivity contribution >= 4 is 21.6 Å². The Hall–Kier alpha value is -3.12. The van der Waals surface area contributed by atoms with Crippen molar-refractivity contribution in [2.24, 2.45) is 0 Å². The fourth-order valence-corrected chi connectivity index (χ4v) is 4.76. The second-order valence-corrected chi connectivity index (χ2v) is 9.10. The summed E-state index contributed by atoms with van der Waals surface area (Å²) in [7, 11) is -3.82. The maximum atomic E-state index is 12.9. The number of aryl methyl sites for hydroxylation is 3. The zero-order valence-corrected chi connectivity index (χ0v) is 18.9. The molecule has 1 amide bonds. The van der Waals surface area contributed by atoms with Crippen LogP contribution in [-0.2, 0) is 29.4 Å². The monoisotopic (exact) mass is 436 g/mol. The van der Waals surface area contributed by atoms with Gasteiger partial charge in [0.2, 0.25) is 0 Å². The molecule has 0 bridgehead atoms. The minimum atomic E-state index is -3.82. The fraction of sp³-hybridized carbons (Fsp3) is 0.240. The Morgan fingerprint density at radius 3 is 2.29 bits per heavy atom. The molecule has 0 saturated carbocycles. The Morgan fingerprint density at radius 1 is 0.871 bits per heavy atom. The maximum Gasteiger partial charge on any atom is 0.262 e. The zero-order valence-electron chi connectivity index (χ0n) is 18.1. The molecule has 0 aliphatic carbocycles. The van der Waals surface area contributed by atoms with Gasteiger partial charge in [0.1, 0.15) is 0 Å². The summed E-state index contributed by atoms with van der Waals surface area (Å²) < 4.78 is 28.3. The molecule has 162 valence electrons. The third kappa shape index (κ3) is 5.52. The van der Waals surface area contributed by atoms with Crippen molar-refractivity contribution < 1.29 is 13.2 Å². The van der Waals surface area contributed by atoms with Crippen LogP contribution in [0.15, 0.2) is 71.6 Å². The van der Waals surface area contributed by atoms with Crippen LogP contribution in [0.2, 0.25) is 0 Å². The lowest BCUT2D eigenvalue weighted by Crippen LogP contribution is -2.24. The Labute approximate surface area is 184 Å². The lowest BCUT2D eigenvalue weighted by atomic mass is 10.0. The summed E-state index contributed by atoms with van der Waals surface area (Å²) in [6.07, 6.45) is 1.81. The molecule has 0 spiro atoms. The van der Waals surface area contributed by atoms with Crippen molar-refractivity contribution in [3.05, 3.63) is 94.5 Å². The SMILES string of the molecule is CCc1ccc(CC)c(CNC(=O)c2ccc(C)c(S(=O)(=O)Nc3ccccc3)c2)c1. The van der Waals surface area contributed by atoms with Crippen LogP contribution in [-0.4, -0.2) is 14.3 Å². The van der Waals surface area contributed by atoms with Gasteiger partial charge in [-0.3, -0.25) is 9.52 Å². The van der Waals surface area contributed by atoms with E-state index in [0.29, 0.717) is 23.4 Å². The number of carbonyl (C=O) groups is 1. The van der Waals surface area contributed by atoms with Crippen molar-refractivity contribution in [2.45, 2.75) is 45.1 Å². The average molecular weight is 437 g/mol. The number of amides is 1. The molecule has 0 heterocycles. The van der Waals surface area contributed by atoms with Gasteiger partial charge >= 0.3 is 0 Å². The lowest BCUT2D eigenvalue weighted by Gasteiger charge is -2.13. The molecule has 0 atom stereocenters. The summed E-state index contributed by atoms with van der Waals surface area (Å²) in [6.45, 7) is 6.29. The smallest absolute Gasteiger partial charge is 0.262 e. The first-order chi connectivity index (χ1) is 14.8. The van der Waals surface area contributed by atoms with E-state index in [2.05, 4.69) is 42.1 Å². The predicted molar refractivity (Wildman–Crippen MR) is 125 cm³/mol. The van der Waals surface area contributed by atoms with Gasteiger partial charge in [-0.15, -0.1) is 0 Å². The van der Waals surface area contributed by atoms with Gasteiger partial charge < -0.3 is 5.32 Å². The summed E-state index contributed by atoms with van der Waals surface area (Å²) in [5, 5.41) is 2.93. The van der Waals surface area contributed by atoms with Gasteiger partial charge in [0.15, 0.2) is 0 Å². The molecule has 0 radical (unpaired) electrons. The summed E-state index contributed by atoms with van der Waals surface area (Å²) in [5.74, 6) is -0.305. The Morgan fingerprint density at radius 2 is 1.61 bits per heavy atom. The van der Waals surface area contributed by atoms with Crippen molar-refractivity contribution in [3.63, 3.8) is 0 Å². The topological polar surface area (TPSA) is 75.3 Å². The van der Waals surface area contributed by atoms with Gasteiger partial charge in [0, 0.05) is 17.8 Å². The van der Waals surface area contributed by atoms with E-state index in [4.69, 9.17) is 0 Å². The number of carbonyl (C=O) groups excluding carboxylic acids is 1. The van der Waals surface area contributed by atoms with Gasteiger partial charge in [0.25, 0.3) is 15.9 Å². The molecule has 31 heavy (non-hydrogen) atoms. The van der Waals surface area contributed by atoms with Gasteiger partial charge in [-0.25, -0.2) is 8.42 Å². The molecular weight excluding hydrogens is 408 g/mol. The quantitative estimate of drug-likeness (QED) is 0.530. The molecule has 3 rings (SSSR count). The van der Waals surface area contributed by atoms with E-state index in [0.717, 1.165) is 18.4 Å². The number of nitrogens with one attached hydrogen (secondary N) is 2. The standard InChI is InChI=1S/C25H28N2O3S/c1-4-19-12-14-20(5-2)22(15-19)17-26-25(28)21-13-11-18(3)24(16-21)31(29,30)27-23-9-7-6-8-10-23/h6-16,27H,4-5,17H2,1-3H3,(H,26,28). The Kier molecular flexibility index (Phi) is 7.13. The van der Waals surface area contributed by atoms with Gasteiger partial charge in [0.05, 0.1) is 4.90 Å². The van der Waals surface area contributed by atoms with Gasteiger partial charge in [-0.2, -0.15) is 0 Å².